The topological polar surface area (TPSA) is 135 Å². The number of carbonyl (C=O) groups is 1. The smallest absolute Gasteiger partial charge is 0.175 e. The fourth-order valence-corrected chi connectivity index (χ4v) is 5.35. The number of ether oxygens (including phenoxy) is 2. The second-order valence-electron chi connectivity index (χ2n) is 8.90. The van der Waals surface area contributed by atoms with Crippen molar-refractivity contribution in [1.82, 2.24) is 9.97 Å². The zero-order valence-corrected chi connectivity index (χ0v) is 23.0. The summed E-state index contributed by atoms with van der Waals surface area (Å²) in [6.45, 7) is 0. The Balaban J connectivity index is 1.56. The minimum absolute atomic E-state index is 0.0169. The van der Waals surface area contributed by atoms with Crippen molar-refractivity contribution >= 4 is 34.3 Å². The molecule has 0 aliphatic carbocycles. The molecule has 2 aromatic heterocycles. The van der Waals surface area contributed by atoms with Crippen molar-refractivity contribution in [2.24, 2.45) is 0 Å². The van der Waals surface area contributed by atoms with Gasteiger partial charge in [0.2, 0.25) is 0 Å². The number of rotatable bonds is 8. The average Bonchev–Trinajstić information content (AvgIpc) is 3.02. The Kier molecular flexibility index (Phi) is 7.82. The number of anilines is 1. The lowest BCUT2D eigenvalue weighted by Crippen LogP contribution is -2.08. The van der Waals surface area contributed by atoms with Crippen molar-refractivity contribution in [1.29, 1.82) is 10.5 Å². The van der Waals surface area contributed by atoms with Gasteiger partial charge in [-0.25, -0.2) is 9.97 Å². The summed E-state index contributed by atoms with van der Waals surface area (Å²) in [5, 5.41) is 21.0. The number of Topliss-reactive ketones (excluding diaryl/α,β-unsaturated/α-hetero) is 1. The normalized spacial score (nSPS) is 10.5. The van der Waals surface area contributed by atoms with E-state index in [2.05, 4.69) is 17.1 Å². The SMILES string of the molecule is COc1ccc(-c2c(C#N)c(N)nc(SCC(=O)c3cc4cc(OC)ccc4nc3-c3ccccc3)c2C#N)cc1. The van der Waals surface area contributed by atoms with Crippen molar-refractivity contribution in [3.8, 4) is 46.0 Å². The Bertz CT molecular complexity index is 1860. The van der Waals surface area contributed by atoms with Crippen LogP contribution >= 0.6 is 11.8 Å². The zero-order chi connectivity index (χ0) is 28.9. The summed E-state index contributed by atoms with van der Waals surface area (Å²) in [6.07, 6.45) is 0. The van der Waals surface area contributed by atoms with Gasteiger partial charge in [-0.15, -0.1) is 0 Å². The first kappa shape index (κ1) is 27.2. The van der Waals surface area contributed by atoms with E-state index in [-0.39, 0.29) is 33.5 Å². The molecule has 5 rings (SSSR count). The van der Waals surface area contributed by atoms with Crippen LogP contribution in [0.3, 0.4) is 0 Å². The summed E-state index contributed by atoms with van der Waals surface area (Å²) < 4.78 is 10.6. The Morgan fingerprint density at radius 3 is 2.20 bits per heavy atom. The molecular formula is C32H23N5O3S. The number of nitrogens with zero attached hydrogens (tertiary/aromatic N) is 4. The van der Waals surface area contributed by atoms with Crippen LogP contribution < -0.4 is 15.2 Å². The number of hydrogen-bond donors (Lipinski definition) is 1. The van der Waals surface area contributed by atoms with Gasteiger partial charge in [0.15, 0.2) is 5.78 Å². The summed E-state index contributed by atoms with van der Waals surface area (Å²) >= 11 is 1.09. The largest absolute Gasteiger partial charge is 0.497 e. The Labute approximate surface area is 241 Å². The van der Waals surface area contributed by atoms with Gasteiger partial charge < -0.3 is 15.2 Å². The van der Waals surface area contributed by atoms with Crippen molar-refractivity contribution in [2.45, 2.75) is 5.03 Å². The maximum atomic E-state index is 13.7. The molecule has 0 atom stereocenters. The number of fused-ring (bicyclic) bond motifs is 1. The van der Waals surface area contributed by atoms with E-state index in [1.807, 2.05) is 54.6 Å². The van der Waals surface area contributed by atoms with Crippen LogP contribution in [0.4, 0.5) is 5.82 Å². The van der Waals surface area contributed by atoms with Gasteiger partial charge in [0.05, 0.1) is 36.7 Å². The molecule has 0 radical (unpaired) electrons. The number of nitrogens with two attached hydrogens (primary N) is 1. The van der Waals surface area contributed by atoms with E-state index in [4.69, 9.17) is 20.2 Å². The van der Waals surface area contributed by atoms with Crippen LogP contribution in [-0.2, 0) is 0 Å². The van der Waals surface area contributed by atoms with E-state index in [1.54, 1.807) is 38.5 Å². The van der Waals surface area contributed by atoms with Gasteiger partial charge in [-0.3, -0.25) is 4.79 Å². The molecule has 2 heterocycles. The number of pyridine rings is 2. The van der Waals surface area contributed by atoms with Crippen LogP contribution in [0.15, 0.2) is 83.9 Å². The molecule has 2 N–H and O–H groups in total. The highest BCUT2D eigenvalue weighted by Gasteiger charge is 2.23. The maximum absolute atomic E-state index is 13.7. The molecule has 0 amide bonds. The van der Waals surface area contributed by atoms with E-state index in [1.165, 1.54) is 0 Å². The van der Waals surface area contributed by atoms with E-state index in [0.717, 1.165) is 28.2 Å². The van der Waals surface area contributed by atoms with Crippen molar-refractivity contribution in [3.63, 3.8) is 0 Å². The van der Waals surface area contributed by atoms with Crippen molar-refractivity contribution < 1.29 is 14.3 Å². The molecule has 8 nitrogen and oxygen atoms in total. The molecule has 0 unspecified atom stereocenters. The third-order valence-electron chi connectivity index (χ3n) is 6.50. The molecule has 0 bridgehead atoms. The van der Waals surface area contributed by atoms with Crippen LogP contribution in [0.5, 0.6) is 11.5 Å². The number of aromatic nitrogens is 2. The molecule has 200 valence electrons. The lowest BCUT2D eigenvalue weighted by atomic mass is 9.97. The highest BCUT2D eigenvalue weighted by atomic mass is 32.2. The standard InChI is InChI=1S/C32H23N5O3S/c1-39-22-10-8-19(9-11-22)29-25(16-33)31(35)37-32(26(29)17-34)41-18-28(38)24-15-21-14-23(40-2)12-13-27(21)36-30(24)20-6-4-3-5-7-20/h3-15H,18H2,1-2H3,(H2,35,37). The third kappa shape index (κ3) is 5.40. The molecule has 5 aromatic rings. The fourth-order valence-electron chi connectivity index (χ4n) is 4.47. The quantitative estimate of drug-likeness (QED) is 0.173. The molecule has 0 aliphatic rings. The zero-order valence-electron chi connectivity index (χ0n) is 22.2. The molecule has 0 saturated carbocycles. The van der Waals surface area contributed by atoms with Crippen molar-refractivity contribution in [2.75, 3.05) is 25.7 Å². The van der Waals surface area contributed by atoms with Crippen LogP contribution in [-0.4, -0.2) is 35.7 Å². The number of benzene rings is 3. The lowest BCUT2D eigenvalue weighted by molar-refractivity contribution is 0.102. The molecule has 0 aliphatic heterocycles. The molecule has 0 saturated heterocycles. The van der Waals surface area contributed by atoms with Crippen LogP contribution in [0, 0.1) is 22.7 Å². The average molecular weight is 558 g/mol. The number of nitrogen functional groups attached to an aromatic ring is 1. The first-order valence-electron chi connectivity index (χ1n) is 12.5. The summed E-state index contributed by atoms with van der Waals surface area (Å²) in [6, 6.07) is 28.0. The van der Waals surface area contributed by atoms with Gasteiger partial charge in [-0.1, -0.05) is 54.2 Å². The number of methoxy groups -OCH3 is 2. The second kappa shape index (κ2) is 11.8. The Morgan fingerprint density at radius 1 is 0.854 bits per heavy atom. The Morgan fingerprint density at radius 2 is 1.54 bits per heavy atom. The highest BCUT2D eigenvalue weighted by Crippen LogP contribution is 2.37. The monoisotopic (exact) mass is 557 g/mol. The molecular weight excluding hydrogens is 534 g/mol. The van der Waals surface area contributed by atoms with Crippen LogP contribution in [0.2, 0.25) is 0 Å². The molecule has 3 aromatic carbocycles. The van der Waals surface area contributed by atoms with Gasteiger partial charge >= 0.3 is 0 Å². The maximum Gasteiger partial charge on any atom is 0.175 e. The minimum Gasteiger partial charge on any atom is -0.497 e. The molecule has 9 heteroatoms. The predicted molar refractivity (Wildman–Crippen MR) is 159 cm³/mol. The summed E-state index contributed by atoms with van der Waals surface area (Å²) in [7, 11) is 3.14. The summed E-state index contributed by atoms with van der Waals surface area (Å²) in [5.41, 5.74) is 9.93. The van der Waals surface area contributed by atoms with E-state index < -0.39 is 0 Å². The molecule has 0 fully saturated rings. The number of nitriles is 2. The van der Waals surface area contributed by atoms with Gasteiger partial charge in [0.25, 0.3) is 0 Å². The van der Waals surface area contributed by atoms with Gasteiger partial charge in [-0.2, -0.15) is 10.5 Å². The molecule has 0 spiro atoms. The highest BCUT2D eigenvalue weighted by molar-refractivity contribution is 8.00. The first-order chi connectivity index (χ1) is 20.0. The first-order valence-corrected chi connectivity index (χ1v) is 13.4. The van der Waals surface area contributed by atoms with Gasteiger partial charge in [0.1, 0.15) is 40.0 Å². The number of hydrogen-bond acceptors (Lipinski definition) is 9. The fraction of sp³-hybridized carbons (Fsp3) is 0.0938. The van der Waals surface area contributed by atoms with Crippen LogP contribution in [0.25, 0.3) is 33.3 Å². The molecule has 41 heavy (non-hydrogen) atoms. The minimum atomic E-state index is -0.203. The van der Waals surface area contributed by atoms with Gasteiger partial charge in [-0.05, 0) is 42.0 Å². The summed E-state index contributed by atoms with van der Waals surface area (Å²) in [4.78, 5) is 22.9. The number of ketones is 1. The summed E-state index contributed by atoms with van der Waals surface area (Å²) in [5.74, 6) is 1.03. The number of thioether (sulfide) groups is 1. The van der Waals surface area contributed by atoms with E-state index in [9.17, 15) is 15.3 Å². The Hall–Kier alpha value is -5.38. The van der Waals surface area contributed by atoms with E-state index in [0.29, 0.717) is 33.9 Å². The van der Waals surface area contributed by atoms with E-state index >= 15 is 0 Å². The number of carbonyl (C=O) groups excluding carboxylic acids is 1. The van der Waals surface area contributed by atoms with Crippen molar-refractivity contribution in [3.05, 3.63) is 95.6 Å². The van der Waals surface area contributed by atoms with Gasteiger partial charge in [0, 0.05) is 22.1 Å². The lowest BCUT2D eigenvalue weighted by Gasteiger charge is -2.14. The van der Waals surface area contributed by atoms with Crippen LogP contribution in [0.1, 0.15) is 21.5 Å². The third-order valence-corrected chi connectivity index (χ3v) is 7.48. The predicted octanol–water partition coefficient (Wildman–Crippen LogP) is 6.28. The second-order valence-corrected chi connectivity index (χ2v) is 9.86.